The first-order chi connectivity index (χ1) is 9.69. The average molecular weight is 271 g/mol. The van der Waals surface area contributed by atoms with E-state index in [1.54, 1.807) is 0 Å². The van der Waals surface area contributed by atoms with Crippen LogP contribution in [0, 0.1) is 6.92 Å². The number of aryl methyl sites for hydroxylation is 2. The third kappa shape index (κ3) is 2.33. The van der Waals surface area contributed by atoms with Gasteiger partial charge in [0.1, 0.15) is 5.82 Å². The normalized spacial score (nSPS) is 19.6. The van der Waals surface area contributed by atoms with Gasteiger partial charge in [0.25, 0.3) is 0 Å². The van der Waals surface area contributed by atoms with Crippen molar-refractivity contribution < 1.29 is 0 Å². The Balaban J connectivity index is 2.02. The molecule has 0 aliphatic carbocycles. The van der Waals surface area contributed by atoms with Gasteiger partial charge in [-0.15, -0.1) is 0 Å². The number of hydrogen-bond acceptors (Lipinski definition) is 4. The third-order valence-electron chi connectivity index (χ3n) is 4.00. The summed E-state index contributed by atoms with van der Waals surface area (Å²) in [4.78, 5) is 11.6. The molecular formula is C15H21N5. The van der Waals surface area contributed by atoms with E-state index >= 15 is 0 Å². The molecule has 1 aliphatic rings. The monoisotopic (exact) mass is 271 g/mol. The van der Waals surface area contributed by atoms with E-state index in [4.69, 9.17) is 0 Å². The fraction of sp³-hybridized carbons (Fsp3) is 0.533. The van der Waals surface area contributed by atoms with Gasteiger partial charge in [-0.2, -0.15) is 5.10 Å². The van der Waals surface area contributed by atoms with Gasteiger partial charge in [-0.05, 0) is 52.4 Å². The van der Waals surface area contributed by atoms with E-state index < -0.39 is 0 Å². The van der Waals surface area contributed by atoms with E-state index in [0.717, 1.165) is 36.0 Å². The van der Waals surface area contributed by atoms with Crippen molar-refractivity contribution in [2.75, 3.05) is 13.6 Å². The molecule has 3 heterocycles. The zero-order valence-corrected chi connectivity index (χ0v) is 12.4. The molecule has 0 saturated carbocycles. The van der Waals surface area contributed by atoms with E-state index in [9.17, 15) is 0 Å². The van der Waals surface area contributed by atoms with Crippen LogP contribution in [0.4, 0.5) is 0 Å². The van der Waals surface area contributed by atoms with Crippen LogP contribution >= 0.6 is 0 Å². The van der Waals surface area contributed by atoms with Gasteiger partial charge in [-0.25, -0.2) is 9.97 Å². The molecule has 0 radical (unpaired) electrons. The number of hydrogen-bond donors (Lipinski definition) is 0. The first kappa shape index (κ1) is 13.2. The summed E-state index contributed by atoms with van der Waals surface area (Å²) >= 11 is 0. The molecule has 5 heteroatoms. The van der Waals surface area contributed by atoms with E-state index in [-0.39, 0.29) is 0 Å². The Bertz CT molecular complexity index is 604. The highest BCUT2D eigenvalue weighted by molar-refractivity contribution is 5.54. The van der Waals surface area contributed by atoms with Crippen molar-refractivity contribution in [3.63, 3.8) is 0 Å². The molecule has 1 aliphatic heterocycles. The number of rotatable bonds is 3. The third-order valence-corrected chi connectivity index (χ3v) is 4.00. The molecule has 2 aromatic heterocycles. The summed E-state index contributed by atoms with van der Waals surface area (Å²) in [5.41, 5.74) is 3.18. The predicted molar refractivity (Wildman–Crippen MR) is 78.3 cm³/mol. The summed E-state index contributed by atoms with van der Waals surface area (Å²) in [6, 6.07) is 4.57. The molecule has 1 unspecified atom stereocenters. The van der Waals surface area contributed by atoms with Crippen LogP contribution in [0.3, 0.4) is 0 Å². The topological polar surface area (TPSA) is 46.8 Å². The van der Waals surface area contributed by atoms with Gasteiger partial charge in [-0.3, -0.25) is 9.58 Å². The van der Waals surface area contributed by atoms with Crippen LogP contribution < -0.4 is 0 Å². The quantitative estimate of drug-likeness (QED) is 0.860. The highest BCUT2D eigenvalue weighted by Gasteiger charge is 2.24. The molecule has 1 fully saturated rings. The van der Waals surface area contributed by atoms with Crippen molar-refractivity contribution in [3.05, 3.63) is 29.8 Å². The van der Waals surface area contributed by atoms with E-state index in [2.05, 4.69) is 40.0 Å². The Morgan fingerprint density at radius 1 is 1.35 bits per heavy atom. The van der Waals surface area contributed by atoms with Crippen molar-refractivity contribution in [2.24, 2.45) is 0 Å². The van der Waals surface area contributed by atoms with Crippen LogP contribution in [-0.4, -0.2) is 38.2 Å². The zero-order valence-electron chi connectivity index (χ0n) is 12.4. The van der Waals surface area contributed by atoms with Crippen LogP contribution in [0.1, 0.15) is 37.3 Å². The average Bonchev–Trinajstić information content (AvgIpc) is 3.05. The van der Waals surface area contributed by atoms with Crippen LogP contribution in [0.5, 0.6) is 0 Å². The second kappa shape index (κ2) is 5.32. The summed E-state index contributed by atoms with van der Waals surface area (Å²) < 4.78 is 1.98. The maximum atomic E-state index is 4.65. The smallest absolute Gasteiger partial charge is 0.126 e. The van der Waals surface area contributed by atoms with Crippen molar-refractivity contribution in [1.82, 2.24) is 24.6 Å². The Labute approximate surface area is 119 Å². The SMILES string of the molecule is CCn1nccc1-c1cc(C2CCCN2C)nc(C)n1. The lowest BCUT2D eigenvalue weighted by atomic mass is 10.1. The van der Waals surface area contributed by atoms with Gasteiger partial charge < -0.3 is 0 Å². The maximum absolute atomic E-state index is 4.65. The van der Waals surface area contributed by atoms with Crippen molar-refractivity contribution in [1.29, 1.82) is 0 Å². The van der Waals surface area contributed by atoms with E-state index in [1.165, 1.54) is 12.8 Å². The van der Waals surface area contributed by atoms with Gasteiger partial charge in [-0.1, -0.05) is 0 Å². The lowest BCUT2D eigenvalue weighted by molar-refractivity contribution is 0.311. The lowest BCUT2D eigenvalue weighted by Crippen LogP contribution is -2.19. The van der Waals surface area contributed by atoms with Crippen LogP contribution in [0.2, 0.25) is 0 Å². The highest BCUT2D eigenvalue weighted by atomic mass is 15.3. The molecule has 20 heavy (non-hydrogen) atoms. The Morgan fingerprint density at radius 2 is 2.20 bits per heavy atom. The summed E-state index contributed by atoms with van der Waals surface area (Å²) in [7, 11) is 2.17. The molecule has 2 aromatic rings. The molecule has 1 saturated heterocycles. The summed E-state index contributed by atoms with van der Waals surface area (Å²) in [5, 5.41) is 4.33. The highest BCUT2D eigenvalue weighted by Crippen LogP contribution is 2.30. The van der Waals surface area contributed by atoms with E-state index in [1.807, 2.05) is 23.9 Å². The van der Waals surface area contributed by atoms with Crippen molar-refractivity contribution in [2.45, 2.75) is 39.3 Å². The summed E-state index contributed by atoms with van der Waals surface area (Å²) in [6.45, 7) is 6.06. The molecule has 0 aromatic carbocycles. The second-order valence-corrected chi connectivity index (χ2v) is 5.40. The number of aromatic nitrogens is 4. The Morgan fingerprint density at radius 3 is 2.90 bits per heavy atom. The van der Waals surface area contributed by atoms with Crippen molar-refractivity contribution in [3.8, 4) is 11.4 Å². The van der Waals surface area contributed by atoms with Gasteiger partial charge in [0.05, 0.1) is 23.1 Å². The summed E-state index contributed by atoms with van der Waals surface area (Å²) in [6.07, 6.45) is 4.25. The minimum Gasteiger partial charge on any atom is -0.298 e. The van der Waals surface area contributed by atoms with Gasteiger partial charge in [0, 0.05) is 12.7 Å². The molecule has 0 amide bonds. The molecule has 1 atom stereocenters. The molecular weight excluding hydrogens is 250 g/mol. The van der Waals surface area contributed by atoms with Crippen LogP contribution in [0.15, 0.2) is 18.3 Å². The molecule has 0 spiro atoms. The summed E-state index contributed by atoms with van der Waals surface area (Å²) in [5.74, 6) is 0.835. The molecule has 0 N–H and O–H groups in total. The van der Waals surface area contributed by atoms with E-state index in [0.29, 0.717) is 6.04 Å². The maximum Gasteiger partial charge on any atom is 0.126 e. The van der Waals surface area contributed by atoms with Crippen molar-refractivity contribution >= 4 is 0 Å². The second-order valence-electron chi connectivity index (χ2n) is 5.40. The fourth-order valence-corrected chi connectivity index (χ4v) is 2.98. The van der Waals surface area contributed by atoms with Gasteiger partial charge >= 0.3 is 0 Å². The van der Waals surface area contributed by atoms with Gasteiger partial charge in [0.15, 0.2) is 0 Å². The standard InChI is InChI=1S/C15H21N5/c1-4-20-15(7-8-16-20)13-10-12(17-11(2)18-13)14-6-5-9-19(14)3/h7-8,10,14H,4-6,9H2,1-3H3. The Hall–Kier alpha value is -1.75. The molecule has 5 nitrogen and oxygen atoms in total. The first-order valence-corrected chi connectivity index (χ1v) is 7.27. The number of nitrogens with zero attached hydrogens (tertiary/aromatic N) is 5. The molecule has 3 rings (SSSR count). The molecule has 0 bridgehead atoms. The van der Waals surface area contributed by atoms with Crippen LogP contribution in [-0.2, 0) is 6.54 Å². The number of likely N-dealkylation sites (tertiary alicyclic amines) is 1. The van der Waals surface area contributed by atoms with Gasteiger partial charge in [0.2, 0.25) is 0 Å². The largest absolute Gasteiger partial charge is 0.298 e. The first-order valence-electron chi connectivity index (χ1n) is 7.27. The molecule has 106 valence electrons. The van der Waals surface area contributed by atoms with Crippen LogP contribution in [0.25, 0.3) is 11.4 Å². The lowest BCUT2D eigenvalue weighted by Gasteiger charge is -2.19. The minimum absolute atomic E-state index is 0.424. The zero-order chi connectivity index (χ0) is 14.1. The Kier molecular flexibility index (Phi) is 3.53. The minimum atomic E-state index is 0.424. The fourth-order valence-electron chi connectivity index (χ4n) is 2.98. The predicted octanol–water partition coefficient (Wildman–Crippen LogP) is 2.44.